The lowest BCUT2D eigenvalue weighted by Crippen LogP contribution is -2.26. The lowest BCUT2D eigenvalue weighted by atomic mass is 9.87. The minimum absolute atomic E-state index is 0.160. The molecule has 0 aliphatic carbocycles. The smallest absolute Gasteiger partial charge is 0.237 e. The van der Waals surface area contributed by atoms with Crippen LogP contribution in [0.4, 0.5) is 5.82 Å². The molecular formula is C29H24N4O3S. The summed E-state index contributed by atoms with van der Waals surface area (Å²) in [7, 11) is 0. The van der Waals surface area contributed by atoms with Gasteiger partial charge in [-0.15, -0.1) is 11.3 Å². The maximum absolute atomic E-state index is 13.8. The molecule has 1 aliphatic heterocycles. The second kappa shape index (κ2) is 9.55. The van der Waals surface area contributed by atoms with Crippen LogP contribution in [0.3, 0.4) is 0 Å². The van der Waals surface area contributed by atoms with E-state index in [1.807, 2.05) is 98.1 Å². The first-order valence-electron chi connectivity index (χ1n) is 12.0. The number of amides is 1. The van der Waals surface area contributed by atoms with Crippen LogP contribution in [0.25, 0.3) is 16.4 Å². The molecule has 0 fully saturated rings. The van der Waals surface area contributed by atoms with Gasteiger partial charge in [0.05, 0.1) is 23.9 Å². The third-order valence-electron chi connectivity index (χ3n) is 6.16. The molecule has 37 heavy (non-hydrogen) atoms. The van der Waals surface area contributed by atoms with Crippen molar-refractivity contribution in [3.63, 3.8) is 0 Å². The van der Waals surface area contributed by atoms with Crippen molar-refractivity contribution in [2.45, 2.75) is 19.8 Å². The van der Waals surface area contributed by atoms with E-state index >= 15 is 0 Å². The van der Waals surface area contributed by atoms with Gasteiger partial charge in [0.15, 0.2) is 0 Å². The maximum Gasteiger partial charge on any atom is 0.237 e. The molecule has 0 radical (unpaired) electrons. The first-order chi connectivity index (χ1) is 18.1. The zero-order valence-electron chi connectivity index (χ0n) is 20.3. The Morgan fingerprint density at radius 3 is 2.38 bits per heavy atom. The van der Waals surface area contributed by atoms with Crippen LogP contribution in [0.2, 0.25) is 0 Å². The number of ether oxygens (including phenoxy) is 2. The highest BCUT2D eigenvalue weighted by molar-refractivity contribution is 7.12. The highest BCUT2D eigenvalue weighted by Gasteiger charge is 2.33. The summed E-state index contributed by atoms with van der Waals surface area (Å²) in [6.45, 7) is 4.48. The number of hydrogen-bond acceptors (Lipinski definition) is 6. The van der Waals surface area contributed by atoms with Gasteiger partial charge in [0.2, 0.25) is 11.0 Å². The molecule has 0 saturated carbocycles. The van der Waals surface area contributed by atoms with E-state index in [1.165, 1.54) is 11.3 Å². The third kappa shape index (κ3) is 4.36. The van der Waals surface area contributed by atoms with Crippen LogP contribution >= 0.6 is 11.3 Å². The van der Waals surface area contributed by atoms with E-state index in [1.54, 1.807) is 4.68 Å². The van der Waals surface area contributed by atoms with E-state index in [0.717, 1.165) is 33.8 Å². The number of carbonyl (C=O) groups is 1. The van der Waals surface area contributed by atoms with Crippen molar-refractivity contribution in [3.05, 3.63) is 101 Å². The van der Waals surface area contributed by atoms with Crippen LogP contribution < -0.4 is 14.8 Å². The molecule has 6 rings (SSSR count). The highest BCUT2D eigenvalue weighted by Crippen LogP contribution is 2.44. The number of nitrogens with zero attached hydrogens (tertiary/aromatic N) is 3. The van der Waals surface area contributed by atoms with Crippen molar-refractivity contribution in [2.24, 2.45) is 0 Å². The molecule has 1 N–H and O–H groups in total. The Labute approximate surface area is 218 Å². The average Bonchev–Trinajstić information content (AvgIpc) is 3.54. The Kier molecular flexibility index (Phi) is 5.94. The predicted molar refractivity (Wildman–Crippen MR) is 144 cm³/mol. The van der Waals surface area contributed by atoms with Gasteiger partial charge in [0.1, 0.15) is 23.1 Å². The van der Waals surface area contributed by atoms with Gasteiger partial charge in [-0.1, -0.05) is 36.4 Å². The van der Waals surface area contributed by atoms with Gasteiger partial charge in [-0.25, -0.2) is 4.98 Å². The summed E-state index contributed by atoms with van der Waals surface area (Å²) in [5, 5.41) is 10.4. The fourth-order valence-electron chi connectivity index (χ4n) is 4.51. The summed E-state index contributed by atoms with van der Waals surface area (Å²) in [6, 6.07) is 25.0. The summed E-state index contributed by atoms with van der Waals surface area (Å²) in [5.74, 6) is 2.09. The van der Waals surface area contributed by atoms with Crippen LogP contribution in [0.15, 0.2) is 84.2 Å². The van der Waals surface area contributed by atoms with Gasteiger partial charge in [0, 0.05) is 28.1 Å². The number of benzene rings is 3. The van der Waals surface area contributed by atoms with Crippen LogP contribution in [-0.4, -0.2) is 27.3 Å². The molecule has 0 atom stereocenters. The molecule has 0 unspecified atom stereocenters. The van der Waals surface area contributed by atoms with Crippen molar-refractivity contribution in [1.82, 2.24) is 14.8 Å². The summed E-state index contributed by atoms with van der Waals surface area (Å²) in [6.07, 6.45) is 0. The molecule has 5 aromatic rings. The average molecular weight is 509 g/mol. The molecule has 0 saturated heterocycles. The Bertz CT molecular complexity index is 1540. The van der Waals surface area contributed by atoms with E-state index in [-0.39, 0.29) is 5.91 Å². The number of carbonyl (C=O) groups excluding carboxylic acids is 1. The van der Waals surface area contributed by atoms with Gasteiger partial charge in [-0.3, -0.25) is 4.79 Å². The number of hydrogen-bond donors (Lipinski definition) is 1. The molecule has 1 amide bonds. The SMILES string of the molecule is CCOc1ccc(-c2csc(-n3nc(C)cc3NC(=O)C3c4ccccc4Oc4ccccc43)n2)cc1. The minimum atomic E-state index is -0.513. The number of fused-ring (bicyclic) bond motifs is 2. The van der Waals surface area contributed by atoms with Crippen molar-refractivity contribution >= 4 is 23.1 Å². The lowest BCUT2D eigenvalue weighted by molar-refractivity contribution is -0.116. The zero-order chi connectivity index (χ0) is 25.4. The van der Waals surface area contributed by atoms with Crippen molar-refractivity contribution in [1.29, 1.82) is 0 Å². The summed E-state index contributed by atoms with van der Waals surface area (Å²) >= 11 is 1.47. The maximum atomic E-state index is 13.8. The molecule has 1 aliphatic rings. The van der Waals surface area contributed by atoms with Crippen LogP contribution in [0.1, 0.15) is 29.7 Å². The van der Waals surface area contributed by atoms with E-state index in [4.69, 9.17) is 14.5 Å². The van der Waals surface area contributed by atoms with E-state index in [0.29, 0.717) is 29.1 Å². The van der Waals surface area contributed by atoms with Crippen molar-refractivity contribution in [3.8, 4) is 33.6 Å². The monoisotopic (exact) mass is 508 g/mol. The molecule has 7 nitrogen and oxygen atoms in total. The van der Waals surface area contributed by atoms with Gasteiger partial charge < -0.3 is 14.8 Å². The van der Waals surface area contributed by atoms with Crippen LogP contribution in [0, 0.1) is 6.92 Å². The number of nitrogens with one attached hydrogen (secondary N) is 1. The van der Waals surface area contributed by atoms with Crippen molar-refractivity contribution < 1.29 is 14.3 Å². The standard InChI is InChI=1S/C29H24N4O3S/c1-3-35-20-14-12-19(13-15-20)23-17-37-29(30-23)33-26(16-18(2)32-33)31-28(34)27-21-8-4-6-10-24(21)36-25-11-7-5-9-22(25)27/h4-17,27H,3H2,1-2H3,(H,31,34). The fourth-order valence-corrected chi connectivity index (χ4v) is 5.30. The van der Waals surface area contributed by atoms with E-state index in [9.17, 15) is 4.79 Å². The number of thiazole rings is 1. The summed E-state index contributed by atoms with van der Waals surface area (Å²) in [4.78, 5) is 18.6. The van der Waals surface area contributed by atoms with Gasteiger partial charge in [0.25, 0.3) is 0 Å². The first kappa shape index (κ1) is 23.0. The first-order valence-corrected chi connectivity index (χ1v) is 12.9. The third-order valence-corrected chi connectivity index (χ3v) is 6.98. The topological polar surface area (TPSA) is 78.3 Å². The molecule has 3 aromatic carbocycles. The number of aromatic nitrogens is 3. The van der Waals surface area contributed by atoms with Crippen molar-refractivity contribution in [2.75, 3.05) is 11.9 Å². The van der Waals surface area contributed by atoms with Crippen LogP contribution in [-0.2, 0) is 4.79 Å². The molecule has 2 aromatic heterocycles. The lowest BCUT2D eigenvalue weighted by Gasteiger charge is -2.27. The normalized spacial score (nSPS) is 12.4. The number of rotatable bonds is 6. The van der Waals surface area contributed by atoms with E-state index < -0.39 is 5.92 Å². The number of anilines is 1. The summed E-state index contributed by atoms with van der Waals surface area (Å²) < 4.78 is 13.3. The zero-order valence-corrected chi connectivity index (χ0v) is 21.2. The minimum Gasteiger partial charge on any atom is -0.494 e. The molecule has 0 bridgehead atoms. The Hall–Kier alpha value is -4.43. The Morgan fingerprint density at radius 1 is 1.03 bits per heavy atom. The molecule has 8 heteroatoms. The summed E-state index contributed by atoms with van der Waals surface area (Å²) in [5.41, 5.74) is 4.25. The number of para-hydroxylation sites is 2. The molecular weight excluding hydrogens is 484 g/mol. The van der Waals surface area contributed by atoms with Gasteiger partial charge in [-0.2, -0.15) is 9.78 Å². The highest BCUT2D eigenvalue weighted by atomic mass is 32.1. The molecule has 3 heterocycles. The molecule has 184 valence electrons. The largest absolute Gasteiger partial charge is 0.494 e. The number of aryl methyl sites for hydroxylation is 1. The Morgan fingerprint density at radius 2 is 1.70 bits per heavy atom. The van der Waals surface area contributed by atoms with Crippen LogP contribution in [0.5, 0.6) is 17.2 Å². The quantitative estimate of drug-likeness (QED) is 0.280. The second-order valence-corrected chi connectivity index (χ2v) is 9.49. The second-order valence-electron chi connectivity index (χ2n) is 8.66. The van der Waals surface area contributed by atoms with Gasteiger partial charge in [-0.05, 0) is 50.2 Å². The molecule has 0 spiro atoms. The van der Waals surface area contributed by atoms with Gasteiger partial charge >= 0.3 is 0 Å². The predicted octanol–water partition coefficient (Wildman–Crippen LogP) is 6.58. The Balaban J connectivity index is 1.31. The van der Waals surface area contributed by atoms with E-state index in [2.05, 4.69) is 10.4 Å². The fraction of sp³-hybridized carbons (Fsp3) is 0.138.